The van der Waals surface area contributed by atoms with Crippen molar-refractivity contribution in [3.63, 3.8) is 0 Å². The second kappa shape index (κ2) is 9.63. The van der Waals surface area contributed by atoms with Crippen molar-refractivity contribution in [1.29, 1.82) is 0 Å². The molecule has 1 aliphatic rings. The van der Waals surface area contributed by atoms with Gasteiger partial charge in [0.15, 0.2) is 0 Å². The Morgan fingerprint density at radius 1 is 1.12 bits per heavy atom. The molecule has 0 spiro atoms. The van der Waals surface area contributed by atoms with Crippen LogP contribution in [0.2, 0.25) is 0 Å². The standard InChI is InChI=1S/C18H25ClN2O4/c1-14(2)12-25-18(23)21-8-6-20(7-9-21)11-15-4-3-5-16(10-15)13-24-17(19)22/h3-5,10,14H,6-9,11-13H2,1-2H3. The minimum atomic E-state index is -0.800. The SMILES string of the molecule is CC(C)COC(=O)N1CCN(Cc2cccc(COC(=O)Cl)c2)CC1. The maximum Gasteiger partial charge on any atom is 0.409 e. The summed E-state index contributed by atoms with van der Waals surface area (Å²) in [7, 11) is 0. The third-order valence-electron chi connectivity index (χ3n) is 3.92. The van der Waals surface area contributed by atoms with Crippen LogP contribution in [0.25, 0.3) is 0 Å². The number of carbonyl (C=O) groups is 2. The molecule has 1 aromatic carbocycles. The van der Waals surface area contributed by atoms with Crippen molar-refractivity contribution in [1.82, 2.24) is 9.80 Å². The van der Waals surface area contributed by atoms with Gasteiger partial charge >= 0.3 is 11.5 Å². The summed E-state index contributed by atoms with van der Waals surface area (Å²) in [5.74, 6) is 0.343. The second-order valence-corrected chi connectivity index (χ2v) is 6.89. The van der Waals surface area contributed by atoms with Gasteiger partial charge < -0.3 is 14.4 Å². The number of carbonyl (C=O) groups excluding carboxylic acids is 2. The Morgan fingerprint density at radius 3 is 2.44 bits per heavy atom. The van der Waals surface area contributed by atoms with Crippen molar-refractivity contribution in [2.24, 2.45) is 5.92 Å². The van der Waals surface area contributed by atoms with E-state index < -0.39 is 5.43 Å². The van der Waals surface area contributed by atoms with Crippen molar-refractivity contribution in [3.8, 4) is 0 Å². The maximum atomic E-state index is 12.0. The molecule has 1 saturated heterocycles. The van der Waals surface area contributed by atoms with Crippen LogP contribution >= 0.6 is 11.6 Å². The van der Waals surface area contributed by atoms with Crippen LogP contribution in [0, 0.1) is 5.92 Å². The number of piperazine rings is 1. The quantitative estimate of drug-likeness (QED) is 0.719. The van der Waals surface area contributed by atoms with Gasteiger partial charge in [-0.2, -0.15) is 0 Å². The minimum absolute atomic E-state index is 0.172. The van der Waals surface area contributed by atoms with E-state index in [2.05, 4.69) is 4.90 Å². The fourth-order valence-corrected chi connectivity index (χ4v) is 2.69. The average Bonchev–Trinajstić information content (AvgIpc) is 2.59. The van der Waals surface area contributed by atoms with E-state index in [1.807, 2.05) is 38.1 Å². The van der Waals surface area contributed by atoms with Crippen LogP contribution in [0.5, 0.6) is 0 Å². The number of ether oxygens (including phenoxy) is 2. The first kappa shape index (κ1) is 19.5. The molecule has 6 nitrogen and oxygen atoms in total. The van der Waals surface area contributed by atoms with Gasteiger partial charge in [-0.05, 0) is 17.0 Å². The molecule has 25 heavy (non-hydrogen) atoms. The molecular formula is C18H25ClN2O4. The Labute approximate surface area is 153 Å². The summed E-state index contributed by atoms with van der Waals surface area (Å²) in [4.78, 5) is 26.7. The summed E-state index contributed by atoms with van der Waals surface area (Å²) in [6, 6.07) is 7.87. The number of hydrogen-bond donors (Lipinski definition) is 0. The number of nitrogens with zero attached hydrogens (tertiary/aromatic N) is 2. The van der Waals surface area contributed by atoms with Crippen LogP contribution in [0.4, 0.5) is 9.59 Å². The van der Waals surface area contributed by atoms with Gasteiger partial charge in [0.1, 0.15) is 6.61 Å². The highest BCUT2D eigenvalue weighted by molar-refractivity contribution is 6.61. The predicted molar refractivity (Wildman–Crippen MR) is 95.5 cm³/mol. The highest BCUT2D eigenvalue weighted by atomic mass is 35.5. The van der Waals surface area contributed by atoms with E-state index in [4.69, 9.17) is 21.1 Å². The average molecular weight is 369 g/mol. The van der Waals surface area contributed by atoms with Gasteiger partial charge in [0, 0.05) is 44.3 Å². The molecule has 0 saturated carbocycles. The summed E-state index contributed by atoms with van der Waals surface area (Å²) in [5.41, 5.74) is 1.24. The largest absolute Gasteiger partial charge is 0.449 e. The van der Waals surface area contributed by atoms with Crippen LogP contribution in [-0.4, -0.2) is 54.1 Å². The third-order valence-corrected chi connectivity index (χ3v) is 4.03. The zero-order valence-electron chi connectivity index (χ0n) is 14.7. The van der Waals surface area contributed by atoms with E-state index >= 15 is 0 Å². The lowest BCUT2D eigenvalue weighted by Gasteiger charge is -2.34. The summed E-state index contributed by atoms with van der Waals surface area (Å²) in [5, 5.41) is 0. The molecule has 7 heteroatoms. The Morgan fingerprint density at radius 2 is 1.80 bits per heavy atom. The predicted octanol–water partition coefficient (Wildman–Crippen LogP) is 3.47. The molecule has 1 heterocycles. The third kappa shape index (κ3) is 6.92. The van der Waals surface area contributed by atoms with Gasteiger partial charge in [0.2, 0.25) is 0 Å². The van der Waals surface area contributed by atoms with Gasteiger partial charge in [-0.1, -0.05) is 38.1 Å². The minimum Gasteiger partial charge on any atom is -0.449 e. The number of amides is 1. The Hall–Kier alpha value is -1.79. The van der Waals surface area contributed by atoms with E-state index in [9.17, 15) is 9.59 Å². The van der Waals surface area contributed by atoms with Gasteiger partial charge in [0.05, 0.1) is 6.61 Å². The summed E-state index contributed by atoms with van der Waals surface area (Å²) in [6.07, 6.45) is -0.224. The number of halogens is 1. The molecule has 138 valence electrons. The molecular weight excluding hydrogens is 344 g/mol. The lowest BCUT2D eigenvalue weighted by molar-refractivity contribution is 0.0675. The lowest BCUT2D eigenvalue weighted by Crippen LogP contribution is -2.48. The van der Waals surface area contributed by atoms with E-state index in [0.29, 0.717) is 25.6 Å². The summed E-state index contributed by atoms with van der Waals surface area (Å²) >= 11 is 5.19. The molecule has 0 aliphatic carbocycles. The molecule has 1 amide bonds. The van der Waals surface area contributed by atoms with Crippen LogP contribution < -0.4 is 0 Å². The molecule has 1 fully saturated rings. The fraction of sp³-hybridized carbons (Fsp3) is 0.556. The smallest absolute Gasteiger partial charge is 0.409 e. The van der Waals surface area contributed by atoms with Gasteiger partial charge in [-0.25, -0.2) is 9.59 Å². The van der Waals surface area contributed by atoms with Crippen molar-refractivity contribution >= 4 is 23.1 Å². The van der Waals surface area contributed by atoms with Gasteiger partial charge in [-0.3, -0.25) is 4.90 Å². The summed E-state index contributed by atoms with van der Waals surface area (Å²) < 4.78 is 10.1. The van der Waals surface area contributed by atoms with Crippen LogP contribution in [0.1, 0.15) is 25.0 Å². The van der Waals surface area contributed by atoms with E-state index in [1.165, 1.54) is 0 Å². The van der Waals surface area contributed by atoms with E-state index in [-0.39, 0.29) is 12.7 Å². The highest BCUT2D eigenvalue weighted by Gasteiger charge is 2.22. The first-order chi connectivity index (χ1) is 11.9. The Balaban J connectivity index is 1.79. The van der Waals surface area contributed by atoms with Crippen LogP contribution in [0.15, 0.2) is 24.3 Å². The normalized spacial score (nSPS) is 15.3. The molecule has 0 bridgehead atoms. The zero-order chi connectivity index (χ0) is 18.2. The van der Waals surface area contributed by atoms with Crippen molar-refractivity contribution in [2.45, 2.75) is 27.0 Å². The molecule has 0 aromatic heterocycles. The first-order valence-corrected chi connectivity index (χ1v) is 8.86. The molecule has 1 aliphatic heterocycles. The van der Waals surface area contributed by atoms with E-state index in [1.54, 1.807) is 4.90 Å². The molecule has 2 rings (SSSR count). The second-order valence-electron chi connectivity index (χ2n) is 6.58. The van der Waals surface area contributed by atoms with Crippen LogP contribution in [-0.2, 0) is 22.6 Å². The van der Waals surface area contributed by atoms with Gasteiger partial charge in [0.25, 0.3) is 0 Å². The summed E-state index contributed by atoms with van der Waals surface area (Å²) in [6.45, 7) is 8.40. The Bertz CT molecular complexity index is 586. The molecule has 1 aromatic rings. The van der Waals surface area contributed by atoms with Crippen LogP contribution in [0.3, 0.4) is 0 Å². The zero-order valence-corrected chi connectivity index (χ0v) is 15.5. The molecule has 0 unspecified atom stereocenters. The molecule has 0 radical (unpaired) electrons. The lowest BCUT2D eigenvalue weighted by atomic mass is 10.1. The van der Waals surface area contributed by atoms with Crippen molar-refractivity contribution in [2.75, 3.05) is 32.8 Å². The van der Waals surface area contributed by atoms with Crippen molar-refractivity contribution < 1.29 is 19.1 Å². The topological polar surface area (TPSA) is 59.1 Å². The monoisotopic (exact) mass is 368 g/mol. The van der Waals surface area contributed by atoms with Crippen molar-refractivity contribution in [3.05, 3.63) is 35.4 Å². The number of rotatable bonds is 6. The van der Waals surface area contributed by atoms with Gasteiger partial charge in [-0.15, -0.1) is 0 Å². The first-order valence-electron chi connectivity index (χ1n) is 8.48. The highest BCUT2D eigenvalue weighted by Crippen LogP contribution is 2.13. The number of benzene rings is 1. The molecule has 0 N–H and O–H groups in total. The number of hydrogen-bond acceptors (Lipinski definition) is 5. The molecule has 0 atom stereocenters. The maximum absolute atomic E-state index is 12.0. The fourth-order valence-electron chi connectivity index (χ4n) is 2.63. The van der Waals surface area contributed by atoms with E-state index in [0.717, 1.165) is 30.8 Å². The Kier molecular flexibility index (Phi) is 7.52.